The SMILES string of the molecule is COC(=O)c1occc1CNC(C)C(=O)N1CCCC1. The van der Waals surface area contributed by atoms with Crippen molar-refractivity contribution in [2.45, 2.75) is 32.4 Å². The van der Waals surface area contributed by atoms with Crippen LogP contribution in [-0.4, -0.2) is 43.0 Å². The predicted octanol–water partition coefficient (Wildman–Crippen LogP) is 1.17. The first kappa shape index (κ1) is 14.6. The molecule has 1 N–H and O–H groups in total. The van der Waals surface area contributed by atoms with E-state index in [2.05, 4.69) is 10.1 Å². The molecule has 0 aromatic carbocycles. The first-order chi connectivity index (χ1) is 9.63. The number of hydrogen-bond donors (Lipinski definition) is 1. The Bertz CT molecular complexity index is 477. The second kappa shape index (κ2) is 6.56. The normalized spacial score (nSPS) is 16.2. The van der Waals surface area contributed by atoms with E-state index >= 15 is 0 Å². The highest BCUT2D eigenvalue weighted by Crippen LogP contribution is 2.13. The summed E-state index contributed by atoms with van der Waals surface area (Å²) in [5.74, 6) is -0.225. The number of furan rings is 1. The second-order valence-electron chi connectivity index (χ2n) is 4.90. The standard InChI is InChI=1S/C14H20N2O4/c1-10(13(17)16-6-3-4-7-16)15-9-11-5-8-20-12(11)14(18)19-2/h5,8,10,15H,3-4,6-7,9H2,1-2H3. The van der Waals surface area contributed by atoms with E-state index in [9.17, 15) is 9.59 Å². The van der Waals surface area contributed by atoms with Gasteiger partial charge in [0.2, 0.25) is 11.7 Å². The molecule has 1 unspecified atom stereocenters. The van der Waals surface area contributed by atoms with Gasteiger partial charge < -0.3 is 19.4 Å². The van der Waals surface area contributed by atoms with Crippen molar-refractivity contribution in [3.05, 3.63) is 23.7 Å². The molecule has 0 radical (unpaired) electrons. The molecule has 0 bridgehead atoms. The molecule has 0 saturated carbocycles. The second-order valence-corrected chi connectivity index (χ2v) is 4.90. The molecular weight excluding hydrogens is 260 g/mol. The minimum absolute atomic E-state index is 0.102. The first-order valence-corrected chi connectivity index (χ1v) is 6.80. The molecule has 1 aromatic rings. The van der Waals surface area contributed by atoms with Crippen molar-refractivity contribution in [1.82, 2.24) is 10.2 Å². The third-order valence-corrected chi connectivity index (χ3v) is 3.50. The van der Waals surface area contributed by atoms with Crippen molar-refractivity contribution in [1.29, 1.82) is 0 Å². The Morgan fingerprint density at radius 2 is 2.15 bits per heavy atom. The smallest absolute Gasteiger partial charge is 0.374 e. The van der Waals surface area contributed by atoms with Gasteiger partial charge in [0.1, 0.15) is 0 Å². The molecule has 2 heterocycles. The lowest BCUT2D eigenvalue weighted by molar-refractivity contribution is -0.131. The Hall–Kier alpha value is -1.82. The minimum atomic E-state index is -0.509. The van der Waals surface area contributed by atoms with Crippen molar-refractivity contribution in [3.63, 3.8) is 0 Å². The molecule has 110 valence electrons. The minimum Gasteiger partial charge on any atom is -0.463 e. The topological polar surface area (TPSA) is 71.8 Å². The molecule has 2 rings (SSSR count). The number of carbonyl (C=O) groups excluding carboxylic acids is 2. The number of hydrogen-bond acceptors (Lipinski definition) is 5. The van der Waals surface area contributed by atoms with Gasteiger partial charge in [0.05, 0.1) is 19.4 Å². The van der Waals surface area contributed by atoms with Crippen LogP contribution in [-0.2, 0) is 16.1 Å². The van der Waals surface area contributed by atoms with E-state index in [-0.39, 0.29) is 17.7 Å². The summed E-state index contributed by atoms with van der Waals surface area (Å²) in [6, 6.07) is 1.42. The monoisotopic (exact) mass is 280 g/mol. The number of amides is 1. The van der Waals surface area contributed by atoms with Gasteiger partial charge >= 0.3 is 5.97 Å². The maximum absolute atomic E-state index is 12.1. The van der Waals surface area contributed by atoms with Gasteiger partial charge in [-0.2, -0.15) is 0 Å². The highest BCUT2D eigenvalue weighted by molar-refractivity contribution is 5.87. The molecule has 1 aliphatic heterocycles. The summed E-state index contributed by atoms with van der Waals surface area (Å²) >= 11 is 0. The molecule has 1 atom stereocenters. The van der Waals surface area contributed by atoms with Crippen molar-refractivity contribution in [2.75, 3.05) is 20.2 Å². The molecular formula is C14H20N2O4. The van der Waals surface area contributed by atoms with Gasteiger partial charge in [-0.1, -0.05) is 0 Å². The van der Waals surface area contributed by atoms with Crippen LogP contribution in [0.3, 0.4) is 0 Å². The van der Waals surface area contributed by atoms with Crippen molar-refractivity contribution in [2.24, 2.45) is 0 Å². The zero-order chi connectivity index (χ0) is 14.5. The summed E-state index contributed by atoms with van der Waals surface area (Å²) < 4.78 is 9.74. The quantitative estimate of drug-likeness (QED) is 0.820. The number of nitrogens with zero attached hydrogens (tertiary/aromatic N) is 1. The van der Waals surface area contributed by atoms with Gasteiger partial charge in [-0.25, -0.2) is 4.79 Å². The van der Waals surface area contributed by atoms with Crippen molar-refractivity contribution >= 4 is 11.9 Å². The van der Waals surface area contributed by atoms with Gasteiger partial charge in [-0.15, -0.1) is 0 Å². The summed E-state index contributed by atoms with van der Waals surface area (Å²) in [5, 5.41) is 3.12. The first-order valence-electron chi connectivity index (χ1n) is 6.80. The Morgan fingerprint density at radius 1 is 1.45 bits per heavy atom. The Morgan fingerprint density at radius 3 is 2.80 bits per heavy atom. The average molecular weight is 280 g/mol. The van der Waals surface area contributed by atoms with Gasteiger partial charge in [-0.3, -0.25) is 4.79 Å². The van der Waals surface area contributed by atoms with E-state index in [1.807, 2.05) is 11.8 Å². The van der Waals surface area contributed by atoms with Crippen LogP contribution in [0.15, 0.2) is 16.7 Å². The van der Waals surface area contributed by atoms with E-state index in [0.717, 1.165) is 25.9 Å². The Balaban J connectivity index is 1.90. The fourth-order valence-electron chi connectivity index (χ4n) is 2.31. The Labute approximate surface area is 118 Å². The predicted molar refractivity (Wildman–Crippen MR) is 72.2 cm³/mol. The van der Waals surface area contributed by atoms with E-state index in [1.54, 1.807) is 6.07 Å². The van der Waals surface area contributed by atoms with E-state index in [1.165, 1.54) is 13.4 Å². The third-order valence-electron chi connectivity index (χ3n) is 3.50. The summed E-state index contributed by atoms with van der Waals surface area (Å²) in [6.45, 7) is 3.90. The fraction of sp³-hybridized carbons (Fsp3) is 0.571. The van der Waals surface area contributed by atoms with Crippen LogP contribution in [0.1, 0.15) is 35.9 Å². The zero-order valence-corrected chi connectivity index (χ0v) is 11.8. The fourth-order valence-corrected chi connectivity index (χ4v) is 2.31. The number of nitrogens with one attached hydrogen (secondary N) is 1. The van der Waals surface area contributed by atoms with Gasteiger partial charge in [0.25, 0.3) is 0 Å². The van der Waals surface area contributed by atoms with Crippen LogP contribution >= 0.6 is 0 Å². The number of methoxy groups -OCH3 is 1. The molecule has 0 aliphatic carbocycles. The molecule has 1 saturated heterocycles. The third kappa shape index (κ3) is 3.19. The van der Waals surface area contributed by atoms with Crippen LogP contribution < -0.4 is 5.32 Å². The molecule has 6 heteroatoms. The van der Waals surface area contributed by atoms with Crippen molar-refractivity contribution < 1.29 is 18.7 Å². The molecule has 6 nitrogen and oxygen atoms in total. The van der Waals surface area contributed by atoms with Gasteiger partial charge in [0, 0.05) is 25.2 Å². The number of likely N-dealkylation sites (tertiary alicyclic amines) is 1. The molecule has 1 aliphatic rings. The van der Waals surface area contributed by atoms with Crippen LogP contribution in [0, 0.1) is 0 Å². The van der Waals surface area contributed by atoms with E-state index < -0.39 is 5.97 Å². The largest absolute Gasteiger partial charge is 0.463 e. The highest BCUT2D eigenvalue weighted by Gasteiger charge is 2.23. The summed E-state index contributed by atoms with van der Waals surface area (Å²) in [6.07, 6.45) is 3.59. The van der Waals surface area contributed by atoms with Gasteiger partial charge in [-0.05, 0) is 25.8 Å². The highest BCUT2D eigenvalue weighted by atomic mass is 16.5. The lowest BCUT2D eigenvalue weighted by atomic mass is 10.2. The lowest BCUT2D eigenvalue weighted by Crippen LogP contribution is -2.43. The van der Waals surface area contributed by atoms with Crippen LogP contribution in [0.5, 0.6) is 0 Å². The maximum atomic E-state index is 12.1. The molecule has 1 amide bonds. The summed E-state index contributed by atoms with van der Waals surface area (Å²) in [7, 11) is 1.31. The molecule has 1 fully saturated rings. The number of ether oxygens (including phenoxy) is 1. The maximum Gasteiger partial charge on any atom is 0.374 e. The van der Waals surface area contributed by atoms with E-state index in [0.29, 0.717) is 12.1 Å². The Kier molecular flexibility index (Phi) is 4.79. The van der Waals surface area contributed by atoms with Crippen LogP contribution in [0.2, 0.25) is 0 Å². The summed E-state index contributed by atoms with van der Waals surface area (Å²) in [4.78, 5) is 25.5. The van der Waals surface area contributed by atoms with Crippen LogP contribution in [0.4, 0.5) is 0 Å². The average Bonchev–Trinajstić information content (AvgIpc) is 3.13. The lowest BCUT2D eigenvalue weighted by Gasteiger charge is -2.21. The van der Waals surface area contributed by atoms with Crippen LogP contribution in [0.25, 0.3) is 0 Å². The number of rotatable bonds is 5. The van der Waals surface area contributed by atoms with Gasteiger partial charge in [0.15, 0.2) is 0 Å². The molecule has 1 aromatic heterocycles. The molecule has 20 heavy (non-hydrogen) atoms. The number of esters is 1. The summed E-state index contributed by atoms with van der Waals surface area (Å²) in [5.41, 5.74) is 0.693. The number of carbonyl (C=O) groups is 2. The van der Waals surface area contributed by atoms with E-state index in [4.69, 9.17) is 4.42 Å². The van der Waals surface area contributed by atoms with Crippen molar-refractivity contribution in [3.8, 4) is 0 Å². The molecule has 0 spiro atoms. The zero-order valence-electron chi connectivity index (χ0n) is 11.8.